The van der Waals surface area contributed by atoms with E-state index in [1.54, 1.807) is 61.7 Å². The molecular formula is C29H31N9O3S. The van der Waals surface area contributed by atoms with Crippen LogP contribution in [0.15, 0.2) is 76.8 Å². The van der Waals surface area contributed by atoms with Gasteiger partial charge in [0, 0.05) is 42.0 Å². The van der Waals surface area contributed by atoms with Crippen LogP contribution in [0, 0.1) is 0 Å². The Morgan fingerprint density at radius 2 is 1.83 bits per heavy atom. The van der Waals surface area contributed by atoms with Gasteiger partial charge in [-0.1, -0.05) is 22.8 Å². The molecule has 42 heavy (non-hydrogen) atoms. The van der Waals surface area contributed by atoms with Gasteiger partial charge in [0.1, 0.15) is 11.8 Å². The number of anilines is 2. The SMILES string of the molecule is CC1=NCS(NC(=O)c2ccc(-n3c(=O)n(-c4cccc(N(C)C(=O)/C=C/CN(C)C)c4)c4ncnc(N)c43)cc2)=C1. The molecule has 216 valence electrons. The van der Waals surface area contributed by atoms with Gasteiger partial charge < -0.3 is 20.3 Å². The molecule has 1 aliphatic rings. The van der Waals surface area contributed by atoms with Gasteiger partial charge in [0.2, 0.25) is 5.91 Å². The Kier molecular flexibility index (Phi) is 8.13. The zero-order valence-electron chi connectivity index (χ0n) is 23.7. The van der Waals surface area contributed by atoms with Crippen molar-refractivity contribution in [2.45, 2.75) is 6.92 Å². The molecule has 12 nitrogen and oxygen atoms in total. The Labute approximate surface area is 244 Å². The van der Waals surface area contributed by atoms with Crippen molar-refractivity contribution in [1.82, 2.24) is 28.7 Å². The molecule has 0 fully saturated rings. The highest BCUT2D eigenvalue weighted by Gasteiger charge is 2.21. The number of carbonyl (C=O) groups excluding carboxylic acids is 2. The lowest BCUT2D eigenvalue weighted by Crippen LogP contribution is -2.25. The van der Waals surface area contributed by atoms with E-state index in [0.717, 1.165) is 5.71 Å². The Hall–Kier alpha value is -4.88. The quantitative estimate of drug-likeness (QED) is 0.239. The molecular weight excluding hydrogens is 554 g/mol. The van der Waals surface area contributed by atoms with Crippen LogP contribution in [0.2, 0.25) is 0 Å². The molecule has 5 rings (SSSR count). The first kappa shape index (κ1) is 28.6. The predicted molar refractivity (Wildman–Crippen MR) is 169 cm³/mol. The fourth-order valence-electron chi connectivity index (χ4n) is 4.42. The molecule has 1 unspecified atom stereocenters. The summed E-state index contributed by atoms with van der Waals surface area (Å²) in [4.78, 5) is 55.7. The van der Waals surface area contributed by atoms with Gasteiger partial charge in [-0.3, -0.25) is 19.1 Å². The number of nitrogens with zero attached hydrogens (tertiary/aromatic N) is 7. The number of hydrogen-bond acceptors (Lipinski definition) is 8. The van der Waals surface area contributed by atoms with Crippen LogP contribution in [0.3, 0.4) is 0 Å². The maximum atomic E-state index is 14.0. The molecule has 3 heterocycles. The number of aliphatic imine (C=N–C) groups is 1. The second kappa shape index (κ2) is 11.9. The lowest BCUT2D eigenvalue weighted by atomic mass is 10.2. The summed E-state index contributed by atoms with van der Waals surface area (Å²) in [5, 5.41) is 1.94. The minimum atomic E-state index is -0.435. The zero-order valence-corrected chi connectivity index (χ0v) is 24.5. The molecule has 2 aromatic heterocycles. The number of likely N-dealkylation sites (N-methyl/N-ethyl adjacent to an activating group) is 2. The Morgan fingerprint density at radius 1 is 1.07 bits per heavy atom. The average Bonchev–Trinajstić information content (AvgIpc) is 3.52. The summed E-state index contributed by atoms with van der Waals surface area (Å²) in [7, 11) is 5.08. The number of nitrogen functional groups attached to an aromatic ring is 1. The number of fused-ring (bicyclic) bond motifs is 1. The Morgan fingerprint density at radius 3 is 2.52 bits per heavy atom. The lowest BCUT2D eigenvalue weighted by Gasteiger charge is -2.16. The van der Waals surface area contributed by atoms with E-state index in [4.69, 9.17) is 5.73 Å². The summed E-state index contributed by atoms with van der Waals surface area (Å²) < 4.78 is 5.82. The summed E-state index contributed by atoms with van der Waals surface area (Å²) in [6.45, 7) is 2.53. The van der Waals surface area contributed by atoms with Crippen molar-refractivity contribution in [2.75, 3.05) is 44.2 Å². The van der Waals surface area contributed by atoms with Crippen molar-refractivity contribution >= 4 is 56.2 Å². The van der Waals surface area contributed by atoms with Gasteiger partial charge in [0.15, 0.2) is 11.5 Å². The molecule has 1 atom stereocenters. The number of imidazole rings is 1. The molecule has 2 amide bonds. The first-order valence-corrected chi connectivity index (χ1v) is 14.5. The summed E-state index contributed by atoms with van der Waals surface area (Å²) in [6, 6.07) is 13.7. The predicted octanol–water partition coefficient (Wildman–Crippen LogP) is 2.38. The van der Waals surface area contributed by atoms with Crippen molar-refractivity contribution in [3.63, 3.8) is 0 Å². The third kappa shape index (κ3) is 5.78. The lowest BCUT2D eigenvalue weighted by molar-refractivity contribution is -0.113. The van der Waals surface area contributed by atoms with E-state index in [-0.39, 0.29) is 17.6 Å². The highest BCUT2D eigenvalue weighted by atomic mass is 32.2. The van der Waals surface area contributed by atoms with Gasteiger partial charge in [0.05, 0.1) is 17.3 Å². The highest BCUT2D eigenvalue weighted by molar-refractivity contribution is 8.15. The summed E-state index contributed by atoms with van der Waals surface area (Å²) in [6.07, 6.45) is 4.61. The van der Waals surface area contributed by atoms with Crippen LogP contribution in [-0.2, 0) is 4.79 Å². The molecule has 0 bridgehead atoms. The van der Waals surface area contributed by atoms with Gasteiger partial charge >= 0.3 is 5.69 Å². The van der Waals surface area contributed by atoms with E-state index in [1.165, 1.54) is 26.4 Å². The number of carbonyl (C=O) groups is 2. The normalized spacial score (nSPS) is 14.8. The van der Waals surface area contributed by atoms with Gasteiger partial charge in [-0.25, -0.2) is 19.3 Å². The summed E-state index contributed by atoms with van der Waals surface area (Å²) in [5.41, 5.74) is 9.40. The van der Waals surface area contributed by atoms with Crippen LogP contribution < -0.4 is 21.0 Å². The van der Waals surface area contributed by atoms with E-state index in [0.29, 0.717) is 46.2 Å². The number of benzene rings is 2. The topological polar surface area (TPSA) is 144 Å². The van der Waals surface area contributed by atoms with Crippen molar-refractivity contribution in [2.24, 2.45) is 4.99 Å². The van der Waals surface area contributed by atoms with Gasteiger partial charge in [0.25, 0.3) is 5.91 Å². The molecule has 0 saturated carbocycles. The number of nitrogens with two attached hydrogens (primary N) is 1. The van der Waals surface area contributed by atoms with Crippen LogP contribution in [0.25, 0.3) is 22.5 Å². The fourth-order valence-corrected chi connectivity index (χ4v) is 5.80. The molecule has 0 saturated heterocycles. The van der Waals surface area contributed by atoms with E-state index >= 15 is 0 Å². The summed E-state index contributed by atoms with van der Waals surface area (Å²) in [5.74, 6) is 0.243. The van der Waals surface area contributed by atoms with Crippen molar-refractivity contribution < 1.29 is 9.59 Å². The van der Waals surface area contributed by atoms with Crippen molar-refractivity contribution in [1.29, 1.82) is 0 Å². The first-order valence-electron chi connectivity index (χ1n) is 13.0. The van der Waals surface area contributed by atoms with Crippen LogP contribution >= 0.6 is 10.7 Å². The number of hydrogen-bond donors (Lipinski definition) is 2. The largest absolute Gasteiger partial charge is 0.382 e. The molecule has 2 aromatic carbocycles. The second-order valence-corrected chi connectivity index (χ2v) is 11.5. The standard InChI is InChI=1S/C29H31N9O3S/c1-19-16-42(18-33-19)34-28(40)20-10-12-21(13-11-20)37-25-26(30)31-17-32-27(25)38(29(37)41)23-8-5-7-22(15-23)36(4)24(39)9-6-14-35(2)3/h5-13,15-17H,14,18H2,1-4H3,(H,34,40)(H2,30,31,32)/b9-6+. The molecule has 3 N–H and O–H groups in total. The maximum Gasteiger partial charge on any atom is 0.339 e. The van der Waals surface area contributed by atoms with E-state index < -0.39 is 16.4 Å². The van der Waals surface area contributed by atoms with E-state index in [2.05, 4.69) is 19.7 Å². The van der Waals surface area contributed by atoms with Crippen LogP contribution in [0.4, 0.5) is 11.5 Å². The fraction of sp³-hybridized carbons (Fsp3) is 0.207. The minimum Gasteiger partial charge on any atom is -0.382 e. The third-order valence-electron chi connectivity index (χ3n) is 6.56. The third-order valence-corrected chi connectivity index (χ3v) is 8.04. The van der Waals surface area contributed by atoms with Crippen LogP contribution in [0.5, 0.6) is 0 Å². The number of aromatic nitrogens is 4. The zero-order chi connectivity index (χ0) is 30.0. The van der Waals surface area contributed by atoms with Crippen molar-refractivity contribution in [3.8, 4) is 11.4 Å². The van der Waals surface area contributed by atoms with Crippen LogP contribution in [-0.4, -0.2) is 80.5 Å². The molecule has 0 aliphatic carbocycles. The molecule has 0 radical (unpaired) electrons. The Balaban J connectivity index is 1.51. The van der Waals surface area contributed by atoms with E-state index in [1.807, 2.05) is 31.3 Å². The number of rotatable bonds is 8. The highest BCUT2D eigenvalue weighted by Crippen LogP contribution is 2.25. The number of nitrogens with one attached hydrogen (secondary N) is 1. The average molecular weight is 586 g/mol. The first-order chi connectivity index (χ1) is 20.1. The minimum absolute atomic E-state index is 0.125. The molecule has 4 aromatic rings. The second-order valence-electron chi connectivity index (χ2n) is 9.92. The number of amides is 2. The van der Waals surface area contributed by atoms with E-state index in [9.17, 15) is 14.4 Å². The van der Waals surface area contributed by atoms with Gasteiger partial charge in [-0.15, -0.1) is 0 Å². The Bertz CT molecular complexity index is 1840. The monoisotopic (exact) mass is 585 g/mol. The van der Waals surface area contributed by atoms with Crippen molar-refractivity contribution in [3.05, 3.63) is 83.1 Å². The summed E-state index contributed by atoms with van der Waals surface area (Å²) >= 11 is 0. The van der Waals surface area contributed by atoms with Gasteiger partial charge in [-0.2, -0.15) is 0 Å². The van der Waals surface area contributed by atoms with Crippen LogP contribution in [0.1, 0.15) is 17.3 Å². The molecule has 0 spiro atoms. The maximum absolute atomic E-state index is 14.0. The molecule has 13 heteroatoms. The van der Waals surface area contributed by atoms with Gasteiger partial charge in [-0.05, 0) is 63.5 Å². The smallest absolute Gasteiger partial charge is 0.339 e. The molecule has 1 aliphatic heterocycles.